The lowest BCUT2D eigenvalue weighted by Gasteiger charge is -2.21. The number of rotatable bonds is 9. The molecule has 3 rings (SSSR count). The summed E-state index contributed by atoms with van der Waals surface area (Å²) in [5.74, 6) is 1.25. The Bertz CT molecular complexity index is 977. The zero-order valence-electron chi connectivity index (χ0n) is 18.1. The van der Waals surface area contributed by atoms with E-state index in [4.69, 9.17) is 9.15 Å². The molecule has 7 nitrogen and oxygen atoms in total. The van der Waals surface area contributed by atoms with E-state index in [0.29, 0.717) is 5.76 Å². The van der Waals surface area contributed by atoms with Gasteiger partial charge < -0.3 is 18.6 Å². The third-order valence-corrected chi connectivity index (χ3v) is 6.08. The van der Waals surface area contributed by atoms with Crippen LogP contribution in [-0.4, -0.2) is 40.9 Å². The van der Waals surface area contributed by atoms with Gasteiger partial charge in [-0.05, 0) is 64.1 Å². The SMILES string of the molecule is CCN(CC)c1ccc(-c2nnc(SC(C)c3ccc(C(=O)OC)o3)n2CC)cc1. The summed E-state index contributed by atoms with van der Waals surface area (Å²) in [6.45, 7) is 11.1. The van der Waals surface area contributed by atoms with E-state index in [1.54, 1.807) is 23.9 Å². The number of hydrogen-bond donors (Lipinski definition) is 0. The van der Waals surface area contributed by atoms with E-state index in [-0.39, 0.29) is 11.0 Å². The van der Waals surface area contributed by atoms with E-state index in [9.17, 15) is 4.79 Å². The number of aromatic nitrogens is 3. The summed E-state index contributed by atoms with van der Waals surface area (Å²) in [5.41, 5.74) is 2.24. The Hall–Kier alpha value is -2.74. The van der Waals surface area contributed by atoms with E-state index in [2.05, 4.69) is 64.7 Å². The Morgan fingerprint density at radius 2 is 1.83 bits per heavy atom. The minimum Gasteiger partial charge on any atom is -0.463 e. The van der Waals surface area contributed by atoms with Crippen LogP contribution in [0, 0.1) is 0 Å². The molecule has 160 valence electrons. The minimum atomic E-state index is -0.481. The molecule has 1 aromatic carbocycles. The van der Waals surface area contributed by atoms with Crippen LogP contribution in [0.4, 0.5) is 5.69 Å². The molecule has 0 saturated carbocycles. The first-order chi connectivity index (χ1) is 14.5. The van der Waals surface area contributed by atoms with E-state index in [1.807, 2.05) is 6.92 Å². The van der Waals surface area contributed by atoms with Crippen LogP contribution < -0.4 is 4.90 Å². The Morgan fingerprint density at radius 1 is 1.13 bits per heavy atom. The van der Waals surface area contributed by atoms with Gasteiger partial charge in [-0.3, -0.25) is 0 Å². The Labute approximate surface area is 181 Å². The molecule has 0 saturated heterocycles. The van der Waals surface area contributed by atoms with E-state index in [1.165, 1.54) is 12.8 Å². The Kier molecular flexibility index (Phi) is 7.20. The second-order valence-corrected chi connectivity index (χ2v) is 8.03. The van der Waals surface area contributed by atoms with Crippen molar-refractivity contribution in [3.05, 3.63) is 47.9 Å². The van der Waals surface area contributed by atoms with Crippen molar-refractivity contribution in [1.29, 1.82) is 0 Å². The molecule has 0 radical (unpaired) electrons. The minimum absolute atomic E-state index is 0.0317. The van der Waals surface area contributed by atoms with Gasteiger partial charge in [-0.1, -0.05) is 11.8 Å². The average Bonchev–Trinajstić information content (AvgIpc) is 3.42. The number of furan rings is 1. The highest BCUT2D eigenvalue weighted by Gasteiger charge is 2.20. The fourth-order valence-corrected chi connectivity index (χ4v) is 4.27. The summed E-state index contributed by atoms with van der Waals surface area (Å²) >= 11 is 1.55. The molecule has 0 N–H and O–H groups in total. The highest BCUT2D eigenvalue weighted by molar-refractivity contribution is 7.99. The van der Waals surface area contributed by atoms with Crippen LogP contribution in [-0.2, 0) is 11.3 Å². The molecule has 0 amide bonds. The van der Waals surface area contributed by atoms with E-state index < -0.39 is 5.97 Å². The summed E-state index contributed by atoms with van der Waals surface area (Å²) < 4.78 is 12.4. The van der Waals surface area contributed by atoms with Crippen LogP contribution in [0.1, 0.15) is 49.3 Å². The number of ether oxygens (including phenoxy) is 1. The van der Waals surface area contributed by atoms with Gasteiger partial charge in [0.05, 0.1) is 12.4 Å². The average molecular weight is 429 g/mol. The molecule has 0 fully saturated rings. The summed E-state index contributed by atoms with van der Waals surface area (Å²) in [7, 11) is 1.34. The molecular formula is C22H28N4O3S. The number of nitrogens with zero attached hydrogens (tertiary/aromatic N) is 4. The molecule has 2 heterocycles. The van der Waals surface area contributed by atoms with Crippen molar-refractivity contribution in [2.24, 2.45) is 0 Å². The van der Waals surface area contributed by atoms with Gasteiger partial charge in [0, 0.05) is 30.9 Å². The van der Waals surface area contributed by atoms with Crippen molar-refractivity contribution >= 4 is 23.4 Å². The van der Waals surface area contributed by atoms with Crippen molar-refractivity contribution in [3.63, 3.8) is 0 Å². The third kappa shape index (κ3) is 4.53. The standard InChI is InChI=1S/C22H28N4O3S/c1-6-25(7-2)17-11-9-16(10-12-17)20-23-24-22(26(20)8-3)30-15(4)18-13-14-19(29-18)21(27)28-5/h9-15H,6-8H2,1-5H3. The highest BCUT2D eigenvalue weighted by Crippen LogP contribution is 2.36. The summed E-state index contributed by atoms with van der Waals surface area (Å²) in [4.78, 5) is 13.9. The van der Waals surface area contributed by atoms with Gasteiger partial charge >= 0.3 is 5.97 Å². The zero-order chi connectivity index (χ0) is 21.7. The molecule has 30 heavy (non-hydrogen) atoms. The van der Waals surface area contributed by atoms with Crippen LogP contribution in [0.15, 0.2) is 46.0 Å². The van der Waals surface area contributed by atoms with Crippen LogP contribution in [0.3, 0.4) is 0 Å². The molecule has 0 aliphatic heterocycles. The first-order valence-corrected chi connectivity index (χ1v) is 11.0. The summed E-state index contributed by atoms with van der Waals surface area (Å²) in [6, 6.07) is 11.9. The van der Waals surface area contributed by atoms with E-state index in [0.717, 1.165) is 36.2 Å². The third-order valence-electron chi connectivity index (χ3n) is 4.98. The maximum Gasteiger partial charge on any atom is 0.373 e. The van der Waals surface area contributed by atoms with Crippen LogP contribution >= 0.6 is 11.8 Å². The lowest BCUT2D eigenvalue weighted by Crippen LogP contribution is -2.21. The molecule has 0 aliphatic carbocycles. The lowest BCUT2D eigenvalue weighted by atomic mass is 10.2. The molecule has 0 spiro atoms. The number of hydrogen-bond acceptors (Lipinski definition) is 7. The number of anilines is 1. The van der Waals surface area contributed by atoms with Crippen molar-refractivity contribution < 1.29 is 13.9 Å². The predicted molar refractivity (Wildman–Crippen MR) is 119 cm³/mol. The Balaban J connectivity index is 1.80. The van der Waals surface area contributed by atoms with Crippen molar-refractivity contribution in [2.75, 3.05) is 25.1 Å². The number of carbonyl (C=O) groups is 1. The molecule has 8 heteroatoms. The van der Waals surface area contributed by atoms with Crippen LogP contribution in [0.2, 0.25) is 0 Å². The molecule has 1 unspecified atom stereocenters. The van der Waals surface area contributed by atoms with Gasteiger partial charge in [-0.15, -0.1) is 10.2 Å². The monoisotopic (exact) mass is 428 g/mol. The largest absolute Gasteiger partial charge is 0.463 e. The van der Waals surface area contributed by atoms with Crippen LogP contribution in [0.25, 0.3) is 11.4 Å². The lowest BCUT2D eigenvalue weighted by molar-refractivity contribution is 0.0563. The first-order valence-electron chi connectivity index (χ1n) is 10.2. The first kappa shape index (κ1) is 22.0. The molecule has 0 aliphatic rings. The molecule has 3 aromatic rings. The van der Waals surface area contributed by atoms with Gasteiger partial charge in [-0.25, -0.2) is 4.79 Å². The van der Waals surface area contributed by atoms with Gasteiger partial charge in [0.25, 0.3) is 0 Å². The van der Waals surface area contributed by atoms with Crippen molar-refractivity contribution in [1.82, 2.24) is 14.8 Å². The van der Waals surface area contributed by atoms with Gasteiger partial charge in [0.1, 0.15) is 5.76 Å². The second-order valence-electron chi connectivity index (χ2n) is 6.72. The predicted octanol–water partition coefficient (Wildman–Crippen LogP) is 5.04. The maximum absolute atomic E-state index is 11.6. The molecular weight excluding hydrogens is 400 g/mol. The normalized spacial score (nSPS) is 12.0. The molecule has 2 aromatic heterocycles. The Morgan fingerprint density at radius 3 is 2.43 bits per heavy atom. The van der Waals surface area contributed by atoms with Gasteiger partial charge in [0.15, 0.2) is 11.0 Å². The number of esters is 1. The highest BCUT2D eigenvalue weighted by atomic mass is 32.2. The number of methoxy groups -OCH3 is 1. The van der Waals surface area contributed by atoms with Gasteiger partial charge in [0.2, 0.25) is 5.76 Å². The fraction of sp³-hybridized carbons (Fsp3) is 0.409. The smallest absolute Gasteiger partial charge is 0.373 e. The topological polar surface area (TPSA) is 73.4 Å². The van der Waals surface area contributed by atoms with Crippen molar-refractivity contribution in [3.8, 4) is 11.4 Å². The van der Waals surface area contributed by atoms with Gasteiger partial charge in [-0.2, -0.15) is 0 Å². The number of benzene rings is 1. The maximum atomic E-state index is 11.6. The van der Waals surface area contributed by atoms with Crippen molar-refractivity contribution in [2.45, 2.75) is 44.6 Å². The zero-order valence-corrected chi connectivity index (χ0v) is 18.9. The molecule has 1 atom stereocenters. The fourth-order valence-electron chi connectivity index (χ4n) is 3.28. The van der Waals surface area contributed by atoms with E-state index >= 15 is 0 Å². The summed E-state index contributed by atoms with van der Waals surface area (Å²) in [5, 5.41) is 9.63. The second kappa shape index (κ2) is 9.84. The summed E-state index contributed by atoms with van der Waals surface area (Å²) in [6.07, 6.45) is 0. The quantitative estimate of drug-likeness (QED) is 0.349. The molecule has 0 bridgehead atoms. The number of carbonyl (C=O) groups excluding carboxylic acids is 1. The number of thioether (sulfide) groups is 1. The van der Waals surface area contributed by atoms with Crippen LogP contribution in [0.5, 0.6) is 0 Å².